The van der Waals surface area contributed by atoms with Crippen LogP contribution in [0.2, 0.25) is 0 Å². The molecule has 0 aromatic carbocycles. The minimum atomic E-state index is -4.46. The van der Waals surface area contributed by atoms with Crippen LogP contribution in [-0.2, 0) is 15.1 Å². The molecular formula is C8H15NNaO4S. The van der Waals surface area contributed by atoms with E-state index in [4.69, 9.17) is 4.55 Å². The number of carbonyl (C=O) groups excluding carboxylic acids is 1. The smallest absolute Gasteiger partial charge is 0.269 e. The first-order chi connectivity index (χ1) is 6.01. The van der Waals surface area contributed by atoms with Gasteiger partial charge in [-0.25, -0.2) is 4.72 Å². The van der Waals surface area contributed by atoms with Gasteiger partial charge in [-0.2, -0.15) is 8.42 Å². The largest absolute Gasteiger partial charge is 0.359 e. The molecule has 0 heterocycles. The van der Waals surface area contributed by atoms with Crippen LogP contribution in [0.5, 0.6) is 0 Å². The van der Waals surface area contributed by atoms with Crippen LogP contribution < -0.4 is 4.72 Å². The fourth-order valence-electron chi connectivity index (χ4n) is 0.913. The Hall–Kier alpha value is 0.120. The Kier molecular flexibility index (Phi) is 7.01. The monoisotopic (exact) mass is 244 g/mol. The fourth-order valence-corrected chi connectivity index (χ4v) is 1.31. The molecule has 0 aromatic heterocycles. The van der Waals surface area contributed by atoms with E-state index in [-0.39, 0.29) is 40.5 Å². The first kappa shape index (κ1) is 17.5. The summed E-state index contributed by atoms with van der Waals surface area (Å²) < 4.78 is 30.4. The van der Waals surface area contributed by atoms with E-state index in [9.17, 15) is 13.2 Å². The molecule has 0 aliphatic rings. The molecule has 1 amide bonds. The summed E-state index contributed by atoms with van der Waals surface area (Å²) in [5, 5.41) is 0. The average molecular weight is 244 g/mol. The van der Waals surface area contributed by atoms with Crippen LogP contribution in [0, 0.1) is 5.41 Å². The molecule has 0 spiro atoms. The van der Waals surface area contributed by atoms with Gasteiger partial charge in [0.15, 0.2) is 0 Å². The molecule has 5 nitrogen and oxygen atoms in total. The summed E-state index contributed by atoms with van der Waals surface area (Å²) in [6, 6.07) is 0. The van der Waals surface area contributed by atoms with Crippen LogP contribution in [0.1, 0.15) is 27.7 Å². The fraction of sp³-hybridized carbons (Fsp3) is 0.625. The van der Waals surface area contributed by atoms with Gasteiger partial charge in [-0.15, -0.1) is 0 Å². The third-order valence-corrected chi connectivity index (χ3v) is 1.67. The van der Waals surface area contributed by atoms with Gasteiger partial charge in [0.1, 0.15) is 0 Å². The standard InChI is InChI=1S/C8H15NO4S.Na/c1-6(5-8(2,3)4)7(10)9-14(11,12)13;/h5H,1-4H3,(H,9,10)(H,11,12,13);. The van der Waals surface area contributed by atoms with E-state index in [1.165, 1.54) is 11.6 Å². The van der Waals surface area contributed by atoms with Gasteiger partial charge in [0.25, 0.3) is 5.91 Å². The van der Waals surface area contributed by atoms with Crippen molar-refractivity contribution in [3.63, 3.8) is 0 Å². The predicted octanol–water partition coefficient (Wildman–Crippen LogP) is 0.517. The van der Waals surface area contributed by atoms with E-state index in [1.807, 2.05) is 20.8 Å². The van der Waals surface area contributed by atoms with Gasteiger partial charge in [-0.3, -0.25) is 9.35 Å². The van der Waals surface area contributed by atoms with E-state index in [2.05, 4.69) is 0 Å². The average Bonchev–Trinajstić information content (AvgIpc) is 1.78. The summed E-state index contributed by atoms with van der Waals surface area (Å²) >= 11 is 0. The summed E-state index contributed by atoms with van der Waals surface area (Å²) in [5.41, 5.74) is 0.0239. The Morgan fingerprint density at radius 3 is 2.00 bits per heavy atom. The third kappa shape index (κ3) is 10.4. The number of hydrogen-bond donors (Lipinski definition) is 2. The number of amides is 1. The molecule has 0 saturated carbocycles. The molecule has 0 aliphatic heterocycles. The molecule has 0 fully saturated rings. The number of hydrogen-bond acceptors (Lipinski definition) is 3. The summed E-state index contributed by atoms with van der Waals surface area (Å²) in [6.45, 7) is 7.09. The SMILES string of the molecule is CC(=CC(C)(C)C)C(=O)NS(=O)(=O)O.[Na]. The molecule has 0 aliphatic carbocycles. The summed E-state index contributed by atoms with van der Waals surface area (Å²) in [4.78, 5) is 11.1. The van der Waals surface area contributed by atoms with Gasteiger partial charge < -0.3 is 0 Å². The maximum Gasteiger partial charge on any atom is 0.359 e. The van der Waals surface area contributed by atoms with Crippen molar-refractivity contribution in [3.05, 3.63) is 11.6 Å². The van der Waals surface area contributed by atoms with Crippen LogP contribution >= 0.6 is 0 Å². The van der Waals surface area contributed by atoms with Crippen LogP contribution in [-0.4, -0.2) is 48.4 Å². The van der Waals surface area contributed by atoms with Crippen molar-refractivity contribution in [1.82, 2.24) is 4.72 Å². The minimum Gasteiger partial charge on any atom is -0.269 e. The van der Waals surface area contributed by atoms with Gasteiger partial charge in [-0.05, 0) is 12.3 Å². The van der Waals surface area contributed by atoms with Crippen molar-refractivity contribution in [2.24, 2.45) is 5.41 Å². The second-order valence-electron chi connectivity index (χ2n) is 4.10. The third-order valence-electron chi connectivity index (χ3n) is 1.23. The Balaban J connectivity index is 0. The molecular weight excluding hydrogens is 229 g/mol. The predicted molar refractivity (Wildman–Crippen MR) is 58.7 cm³/mol. The number of carbonyl (C=O) groups is 1. The molecule has 83 valence electrons. The van der Waals surface area contributed by atoms with Crippen molar-refractivity contribution < 1.29 is 17.8 Å². The quantitative estimate of drug-likeness (QED) is 0.421. The summed E-state index contributed by atoms with van der Waals surface area (Å²) in [7, 11) is -4.46. The van der Waals surface area contributed by atoms with E-state index < -0.39 is 16.2 Å². The molecule has 0 rings (SSSR count). The molecule has 0 atom stereocenters. The first-order valence-corrected chi connectivity index (χ1v) is 5.44. The maximum atomic E-state index is 11.1. The topological polar surface area (TPSA) is 83.5 Å². The molecule has 15 heavy (non-hydrogen) atoms. The van der Waals surface area contributed by atoms with Crippen molar-refractivity contribution in [1.29, 1.82) is 0 Å². The van der Waals surface area contributed by atoms with Gasteiger partial charge >= 0.3 is 10.3 Å². The van der Waals surface area contributed by atoms with E-state index in [0.29, 0.717) is 0 Å². The van der Waals surface area contributed by atoms with Crippen LogP contribution in [0.15, 0.2) is 11.6 Å². The second kappa shape index (κ2) is 6.00. The molecule has 0 bridgehead atoms. The Bertz CT molecular complexity index is 353. The number of allylic oxidation sites excluding steroid dienone is 1. The van der Waals surface area contributed by atoms with Gasteiger partial charge in [0.2, 0.25) is 0 Å². The number of nitrogens with one attached hydrogen (secondary N) is 1. The Labute approximate surface area is 112 Å². The summed E-state index contributed by atoms with van der Waals surface area (Å²) in [6.07, 6.45) is 1.62. The normalized spacial score (nSPS) is 13.0. The Morgan fingerprint density at radius 2 is 1.73 bits per heavy atom. The van der Waals surface area contributed by atoms with E-state index in [0.717, 1.165) is 0 Å². The van der Waals surface area contributed by atoms with E-state index in [1.54, 1.807) is 6.08 Å². The second-order valence-corrected chi connectivity index (χ2v) is 5.25. The maximum absolute atomic E-state index is 11.1. The summed E-state index contributed by atoms with van der Waals surface area (Å²) in [5.74, 6) is -0.817. The molecule has 7 heteroatoms. The number of rotatable bonds is 2. The molecule has 0 unspecified atom stereocenters. The van der Waals surface area contributed by atoms with Crippen molar-refractivity contribution in [2.45, 2.75) is 27.7 Å². The van der Waals surface area contributed by atoms with Crippen molar-refractivity contribution >= 4 is 45.8 Å². The minimum absolute atomic E-state index is 0. The van der Waals surface area contributed by atoms with Crippen LogP contribution in [0.4, 0.5) is 0 Å². The first-order valence-electron chi connectivity index (χ1n) is 4.00. The van der Waals surface area contributed by atoms with Gasteiger partial charge in [0, 0.05) is 35.1 Å². The zero-order valence-electron chi connectivity index (χ0n) is 9.66. The van der Waals surface area contributed by atoms with Crippen LogP contribution in [0.25, 0.3) is 0 Å². The molecule has 2 N–H and O–H groups in total. The van der Waals surface area contributed by atoms with E-state index >= 15 is 0 Å². The molecule has 0 saturated heterocycles. The van der Waals surface area contributed by atoms with Crippen molar-refractivity contribution in [3.8, 4) is 0 Å². The zero-order valence-corrected chi connectivity index (χ0v) is 12.5. The Morgan fingerprint density at radius 1 is 1.33 bits per heavy atom. The van der Waals surface area contributed by atoms with Crippen molar-refractivity contribution in [2.75, 3.05) is 0 Å². The molecule has 1 radical (unpaired) electrons. The molecule has 0 aromatic rings. The zero-order chi connectivity index (χ0) is 11.6. The van der Waals surface area contributed by atoms with Gasteiger partial charge in [-0.1, -0.05) is 26.8 Å². The van der Waals surface area contributed by atoms with Gasteiger partial charge in [0.05, 0.1) is 0 Å². The van der Waals surface area contributed by atoms with Crippen LogP contribution in [0.3, 0.4) is 0 Å².